The van der Waals surface area contributed by atoms with Crippen LogP contribution in [0.2, 0.25) is 5.02 Å². The largest absolute Gasteiger partial charge is 1.00 e. The normalized spacial score (nSPS) is 22.9. The molecule has 1 aliphatic rings. The molecule has 2 unspecified atom stereocenters. The van der Waals surface area contributed by atoms with Crippen molar-refractivity contribution in [3.8, 4) is 5.75 Å². The van der Waals surface area contributed by atoms with Crippen molar-refractivity contribution in [2.24, 2.45) is 0 Å². The van der Waals surface area contributed by atoms with Crippen LogP contribution >= 0.6 is 11.6 Å². The highest BCUT2D eigenvalue weighted by molar-refractivity contribution is 6.31. The van der Waals surface area contributed by atoms with Crippen LogP contribution in [0.1, 0.15) is 19.4 Å². The topological polar surface area (TPSA) is 31.6 Å². The molecule has 0 amide bonds. The van der Waals surface area contributed by atoms with E-state index in [1.807, 2.05) is 30.3 Å². The summed E-state index contributed by atoms with van der Waals surface area (Å²) in [5.74, 6) is 0.829. The molecule has 1 aliphatic heterocycles. The lowest BCUT2D eigenvalue weighted by Gasteiger charge is -2.46. The molecule has 2 heterocycles. The van der Waals surface area contributed by atoms with Gasteiger partial charge in [0.05, 0.1) is 0 Å². The Labute approximate surface area is 210 Å². The number of furan rings is 1. The number of benzene rings is 3. The maximum Gasteiger partial charge on any atom is 0.139 e. The average Bonchev–Trinajstić information content (AvgIpc) is 3.10. The van der Waals surface area contributed by atoms with Gasteiger partial charge in [-0.15, -0.1) is 0 Å². The molecule has 1 fully saturated rings. The molecule has 4 aromatic rings. The van der Waals surface area contributed by atoms with Gasteiger partial charge in [-0.05, 0) is 38.1 Å². The van der Waals surface area contributed by atoms with Crippen LogP contribution in [0.15, 0.2) is 71.1 Å². The Balaban J connectivity index is 0.00000259. The lowest BCUT2D eigenvalue weighted by atomic mass is 10.1. The minimum absolute atomic E-state index is 0. The first-order valence-electron chi connectivity index (χ1n) is 11.3. The van der Waals surface area contributed by atoms with Crippen LogP contribution in [0.5, 0.6) is 5.75 Å². The lowest BCUT2D eigenvalue weighted by molar-refractivity contribution is -0.953. The maximum atomic E-state index is 6.23. The van der Waals surface area contributed by atoms with E-state index < -0.39 is 0 Å². The lowest BCUT2D eigenvalue weighted by Crippen LogP contribution is -3.00. The van der Waals surface area contributed by atoms with Gasteiger partial charge in [0, 0.05) is 33.5 Å². The Morgan fingerprint density at radius 1 is 0.909 bits per heavy atom. The van der Waals surface area contributed by atoms with E-state index in [1.165, 1.54) is 5.56 Å². The van der Waals surface area contributed by atoms with Gasteiger partial charge in [-0.25, -0.2) is 0 Å². The second-order valence-corrected chi connectivity index (χ2v) is 9.52. The number of ether oxygens (including phenoxy) is 2. The van der Waals surface area contributed by atoms with Gasteiger partial charge in [0.1, 0.15) is 61.9 Å². The summed E-state index contributed by atoms with van der Waals surface area (Å²) in [5, 5.41) is 2.82. The van der Waals surface area contributed by atoms with Gasteiger partial charge in [-0.1, -0.05) is 41.9 Å². The number of halogens is 2. The summed E-state index contributed by atoms with van der Waals surface area (Å²) in [4.78, 5) is 0. The SMILES string of the molecule is CC1C[N+](CCOc2ccc3c(c2)oc2cc(Cl)ccc23)(Cc2ccccc2)CC(C)O1.[Br-]. The highest BCUT2D eigenvalue weighted by Gasteiger charge is 2.37. The summed E-state index contributed by atoms with van der Waals surface area (Å²) in [6.07, 6.45) is 0.474. The first-order chi connectivity index (χ1) is 15.5. The summed E-state index contributed by atoms with van der Waals surface area (Å²) in [6.45, 7) is 8.90. The summed E-state index contributed by atoms with van der Waals surface area (Å²) in [6, 6.07) is 22.6. The smallest absolute Gasteiger partial charge is 0.139 e. The van der Waals surface area contributed by atoms with Crippen LogP contribution in [-0.4, -0.2) is 42.9 Å². The molecular weight excluding hydrogens is 502 g/mol. The first kappa shape index (κ1) is 24.1. The Hall–Kier alpha value is -2.05. The number of hydrogen-bond donors (Lipinski definition) is 0. The highest BCUT2D eigenvalue weighted by atomic mass is 79.9. The minimum atomic E-state index is 0. The van der Waals surface area contributed by atoms with Crippen molar-refractivity contribution in [2.75, 3.05) is 26.2 Å². The van der Waals surface area contributed by atoms with E-state index in [-0.39, 0.29) is 29.2 Å². The van der Waals surface area contributed by atoms with Gasteiger partial charge in [0.2, 0.25) is 0 Å². The zero-order chi connectivity index (χ0) is 22.1. The van der Waals surface area contributed by atoms with Crippen LogP contribution in [0.4, 0.5) is 0 Å². The predicted molar refractivity (Wildman–Crippen MR) is 129 cm³/mol. The van der Waals surface area contributed by atoms with Gasteiger partial charge in [0.25, 0.3) is 0 Å². The van der Waals surface area contributed by atoms with Gasteiger partial charge < -0.3 is 35.4 Å². The maximum absolute atomic E-state index is 6.23. The molecule has 0 bridgehead atoms. The molecule has 33 heavy (non-hydrogen) atoms. The van der Waals surface area contributed by atoms with Crippen molar-refractivity contribution < 1.29 is 35.4 Å². The molecule has 0 aliphatic carbocycles. The molecule has 174 valence electrons. The zero-order valence-electron chi connectivity index (χ0n) is 19.0. The standard InChI is InChI=1S/C27H29ClNO3.BrH/c1-19-16-29(17-20(2)31-19,18-21-6-4-3-5-7-21)12-13-30-23-9-11-25-24-10-8-22(28)14-26(24)32-27(25)15-23;/h3-11,14-15,19-20H,12-13,16-18H2,1-2H3;1H/q+1;/p-1. The third-order valence-electron chi connectivity index (χ3n) is 6.36. The van der Waals surface area contributed by atoms with Crippen LogP contribution in [0.25, 0.3) is 21.9 Å². The number of hydrogen-bond acceptors (Lipinski definition) is 3. The van der Waals surface area contributed by atoms with Crippen molar-refractivity contribution >= 4 is 33.5 Å². The Morgan fingerprint density at radius 2 is 1.58 bits per heavy atom. The summed E-state index contributed by atoms with van der Waals surface area (Å²) >= 11 is 6.12. The molecule has 0 saturated carbocycles. The zero-order valence-corrected chi connectivity index (χ0v) is 21.3. The summed E-state index contributed by atoms with van der Waals surface area (Å²) < 4.78 is 19.3. The van der Waals surface area contributed by atoms with Crippen molar-refractivity contribution in [1.82, 2.24) is 0 Å². The van der Waals surface area contributed by atoms with Crippen molar-refractivity contribution in [3.63, 3.8) is 0 Å². The molecule has 4 nitrogen and oxygen atoms in total. The average molecular weight is 531 g/mol. The first-order valence-corrected chi connectivity index (χ1v) is 11.7. The van der Waals surface area contributed by atoms with E-state index in [4.69, 9.17) is 25.5 Å². The van der Waals surface area contributed by atoms with Gasteiger partial charge in [-0.2, -0.15) is 0 Å². The van der Waals surface area contributed by atoms with Crippen LogP contribution < -0.4 is 21.7 Å². The molecule has 1 saturated heterocycles. The Bertz CT molecular complexity index is 1220. The Morgan fingerprint density at radius 3 is 2.30 bits per heavy atom. The number of rotatable bonds is 6. The number of morpholine rings is 1. The minimum Gasteiger partial charge on any atom is -1.00 e. The molecule has 1 aromatic heterocycles. The predicted octanol–water partition coefficient (Wildman–Crippen LogP) is 3.45. The van der Waals surface area contributed by atoms with Crippen LogP contribution in [-0.2, 0) is 11.3 Å². The Kier molecular flexibility index (Phi) is 7.34. The van der Waals surface area contributed by atoms with Crippen molar-refractivity contribution in [3.05, 3.63) is 77.3 Å². The highest BCUT2D eigenvalue weighted by Crippen LogP contribution is 2.33. The van der Waals surface area contributed by atoms with Crippen molar-refractivity contribution in [1.29, 1.82) is 0 Å². The van der Waals surface area contributed by atoms with Gasteiger partial charge in [-0.3, -0.25) is 0 Å². The fourth-order valence-electron chi connectivity index (χ4n) is 5.19. The fourth-order valence-corrected chi connectivity index (χ4v) is 5.35. The molecule has 0 spiro atoms. The number of nitrogens with zero attached hydrogens (tertiary/aromatic N) is 1. The molecular formula is C27H29BrClNO3. The summed E-state index contributed by atoms with van der Waals surface area (Å²) in [5.41, 5.74) is 2.98. The number of quaternary nitrogens is 1. The van der Waals surface area contributed by atoms with E-state index in [1.54, 1.807) is 0 Å². The quantitative estimate of drug-likeness (QED) is 0.358. The monoisotopic (exact) mass is 529 g/mol. The van der Waals surface area contributed by atoms with Gasteiger partial charge >= 0.3 is 0 Å². The van der Waals surface area contributed by atoms with Crippen LogP contribution in [0, 0.1) is 0 Å². The molecule has 0 radical (unpaired) electrons. The van der Waals surface area contributed by atoms with Crippen molar-refractivity contribution in [2.45, 2.75) is 32.6 Å². The molecule has 0 N–H and O–H groups in total. The summed E-state index contributed by atoms with van der Waals surface area (Å²) in [7, 11) is 0. The molecule has 3 aromatic carbocycles. The van der Waals surface area contributed by atoms with Gasteiger partial charge in [0.15, 0.2) is 0 Å². The fraction of sp³-hybridized carbons (Fsp3) is 0.333. The second-order valence-electron chi connectivity index (χ2n) is 9.08. The second kappa shape index (κ2) is 10.1. The molecule has 5 rings (SSSR count). The van der Waals surface area contributed by atoms with E-state index in [2.05, 4.69) is 50.2 Å². The van der Waals surface area contributed by atoms with E-state index in [0.29, 0.717) is 11.6 Å². The molecule has 2 atom stereocenters. The third-order valence-corrected chi connectivity index (χ3v) is 6.59. The van der Waals surface area contributed by atoms with Crippen LogP contribution in [0.3, 0.4) is 0 Å². The van der Waals surface area contributed by atoms with E-state index in [9.17, 15) is 0 Å². The van der Waals surface area contributed by atoms with E-state index in [0.717, 1.165) is 58.4 Å². The third kappa shape index (κ3) is 5.38. The number of fused-ring (bicyclic) bond motifs is 3. The molecule has 6 heteroatoms. The van der Waals surface area contributed by atoms with E-state index >= 15 is 0 Å².